The normalized spacial score (nSPS) is 10.9. The largest absolute Gasteiger partial charge is 0.476 e. The molecule has 0 bridgehead atoms. The van der Waals surface area contributed by atoms with E-state index in [1.54, 1.807) is 34.9 Å². The number of carbonyl (C=O) groups is 1. The van der Waals surface area contributed by atoms with Gasteiger partial charge in [-0.1, -0.05) is 0 Å². The summed E-state index contributed by atoms with van der Waals surface area (Å²) in [6.45, 7) is 0. The van der Waals surface area contributed by atoms with Gasteiger partial charge in [-0.25, -0.2) is 9.78 Å². The van der Waals surface area contributed by atoms with Crippen LogP contribution >= 0.6 is 0 Å². The van der Waals surface area contributed by atoms with Crippen molar-refractivity contribution in [2.24, 2.45) is 0 Å². The first kappa shape index (κ1) is 10.4. The Labute approximate surface area is 101 Å². The molecule has 3 heterocycles. The zero-order valence-electron chi connectivity index (χ0n) is 9.20. The van der Waals surface area contributed by atoms with Gasteiger partial charge in [0, 0.05) is 6.20 Å². The van der Waals surface area contributed by atoms with Crippen LogP contribution in [0.3, 0.4) is 0 Å². The van der Waals surface area contributed by atoms with Crippen LogP contribution in [-0.2, 0) is 0 Å². The second-order valence-electron chi connectivity index (χ2n) is 3.75. The number of imidazole rings is 1. The average Bonchev–Trinajstić information content (AvgIpc) is 2.95. The Kier molecular flexibility index (Phi) is 2.09. The van der Waals surface area contributed by atoms with Crippen LogP contribution < -0.4 is 5.73 Å². The van der Waals surface area contributed by atoms with Gasteiger partial charge in [0.1, 0.15) is 5.52 Å². The maximum Gasteiger partial charge on any atom is 0.356 e. The zero-order valence-corrected chi connectivity index (χ0v) is 9.20. The van der Waals surface area contributed by atoms with E-state index in [0.29, 0.717) is 22.8 Å². The molecule has 3 N–H and O–H groups in total. The third-order valence-corrected chi connectivity index (χ3v) is 2.64. The predicted molar refractivity (Wildman–Crippen MR) is 64.3 cm³/mol. The number of pyridine rings is 1. The highest BCUT2D eigenvalue weighted by atomic mass is 16.4. The number of hydrogen-bond donors (Lipinski definition) is 2. The molecule has 0 spiro atoms. The number of rotatable bonds is 2. The van der Waals surface area contributed by atoms with Crippen molar-refractivity contribution in [3.8, 4) is 11.6 Å². The molecule has 18 heavy (non-hydrogen) atoms. The highest BCUT2D eigenvalue weighted by Crippen LogP contribution is 2.26. The van der Waals surface area contributed by atoms with E-state index in [1.807, 2.05) is 0 Å². The lowest BCUT2D eigenvalue weighted by atomic mass is 10.3. The van der Waals surface area contributed by atoms with Crippen LogP contribution in [0.15, 0.2) is 41.1 Å². The Morgan fingerprint density at radius 2 is 2.22 bits per heavy atom. The van der Waals surface area contributed by atoms with Gasteiger partial charge < -0.3 is 15.3 Å². The summed E-state index contributed by atoms with van der Waals surface area (Å²) in [5.74, 6) is -0.217. The molecular formula is C12H9N3O3. The fourth-order valence-corrected chi connectivity index (χ4v) is 1.89. The molecule has 6 heteroatoms. The Balaban J connectivity index is 2.41. The van der Waals surface area contributed by atoms with Crippen LogP contribution in [0.5, 0.6) is 0 Å². The van der Waals surface area contributed by atoms with Gasteiger partial charge in [0.05, 0.1) is 12.0 Å². The lowest BCUT2D eigenvalue weighted by Crippen LogP contribution is -2.00. The summed E-state index contributed by atoms with van der Waals surface area (Å²) in [5, 5.41) is 9.16. The fourth-order valence-electron chi connectivity index (χ4n) is 1.89. The molecule has 0 radical (unpaired) electrons. The standard InChI is InChI=1S/C12H9N3O3/c13-7-3-1-5-15-10(7)9(12(16)17)14-11(15)8-4-2-6-18-8/h1-6H,13H2,(H,16,17). The van der Waals surface area contributed by atoms with Crippen LogP contribution in [0.2, 0.25) is 0 Å². The van der Waals surface area contributed by atoms with Gasteiger partial charge in [-0.05, 0) is 24.3 Å². The smallest absolute Gasteiger partial charge is 0.356 e. The van der Waals surface area contributed by atoms with E-state index in [-0.39, 0.29) is 5.69 Å². The van der Waals surface area contributed by atoms with Gasteiger partial charge in [0.25, 0.3) is 0 Å². The Morgan fingerprint density at radius 3 is 2.89 bits per heavy atom. The van der Waals surface area contributed by atoms with E-state index in [1.165, 1.54) is 6.26 Å². The van der Waals surface area contributed by atoms with Crippen LogP contribution in [-0.4, -0.2) is 20.5 Å². The first-order valence-electron chi connectivity index (χ1n) is 5.22. The number of nitrogen functional groups attached to an aromatic ring is 1. The Morgan fingerprint density at radius 1 is 1.39 bits per heavy atom. The average molecular weight is 243 g/mol. The predicted octanol–water partition coefficient (Wildman–Crippen LogP) is 1.87. The molecule has 0 aliphatic carbocycles. The van der Waals surface area contributed by atoms with Crippen LogP contribution in [0, 0.1) is 0 Å². The number of furan rings is 1. The number of carboxylic acids is 1. The number of aromatic carboxylic acids is 1. The van der Waals surface area contributed by atoms with Crippen LogP contribution in [0.25, 0.3) is 17.1 Å². The van der Waals surface area contributed by atoms with Crippen molar-refractivity contribution in [2.45, 2.75) is 0 Å². The van der Waals surface area contributed by atoms with Crippen molar-refractivity contribution in [3.63, 3.8) is 0 Å². The molecule has 3 aromatic heterocycles. The second-order valence-corrected chi connectivity index (χ2v) is 3.75. The number of hydrogen-bond acceptors (Lipinski definition) is 4. The van der Waals surface area contributed by atoms with E-state index in [9.17, 15) is 4.79 Å². The van der Waals surface area contributed by atoms with Gasteiger partial charge in [-0.3, -0.25) is 4.40 Å². The molecule has 0 saturated heterocycles. The SMILES string of the molecule is Nc1cccn2c(-c3ccco3)nc(C(=O)O)c12. The number of nitrogens with zero attached hydrogens (tertiary/aromatic N) is 2. The van der Waals surface area contributed by atoms with E-state index < -0.39 is 5.97 Å². The van der Waals surface area contributed by atoms with Gasteiger partial charge in [-0.15, -0.1) is 0 Å². The van der Waals surface area contributed by atoms with Crippen molar-refractivity contribution in [1.82, 2.24) is 9.38 Å². The molecule has 3 rings (SSSR count). The molecule has 0 unspecified atom stereocenters. The molecule has 90 valence electrons. The minimum Gasteiger partial charge on any atom is -0.476 e. The summed E-state index contributed by atoms with van der Waals surface area (Å²) in [6, 6.07) is 6.78. The summed E-state index contributed by atoms with van der Waals surface area (Å²) in [7, 11) is 0. The third-order valence-electron chi connectivity index (χ3n) is 2.64. The zero-order chi connectivity index (χ0) is 12.7. The maximum absolute atomic E-state index is 11.2. The quantitative estimate of drug-likeness (QED) is 0.716. The molecule has 0 aliphatic rings. The fraction of sp³-hybridized carbons (Fsp3) is 0. The Bertz CT molecular complexity index is 728. The first-order valence-corrected chi connectivity index (χ1v) is 5.22. The molecular weight excluding hydrogens is 234 g/mol. The van der Waals surface area contributed by atoms with Crippen molar-refractivity contribution in [2.75, 3.05) is 5.73 Å². The lowest BCUT2D eigenvalue weighted by Gasteiger charge is -2.00. The van der Waals surface area contributed by atoms with E-state index in [0.717, 1.165) is 0 Å². The highest BCUT2D eigenvalue weighted by molar-refractivity contribution is 5.98. The van der Waals surface area contributed by atoms with Crippen molar-refractivity contribution in [3.05, 3.63) is 42.4 Å². The monoisotopic (exact) mass is 243 g/mol. The molecule has 0 aliphatic heterocycles. The number of nitrogens with two attached hydrogens (primary N) is 1. The number of carboxylic acid groups (broad SMARTS) is 1. The molecule has 0 aromatic carbocycles. The van der Waals surface area contributed by atoms with Gasteiger partial charge >= 0.3 is 5.97 Å². The highest BCUT2D eigenvalue weighted by Gasteiger charge is 2.20. The molecule has 0 saturated carbocycles. The lowest BCUT2D eigenvalue weighted by molar-refractivity contribution is 0.0693. The molecule has 0 amide bonds. The maximum atomic E-state index is 11.2. The van der Waals surface area contributed by atoms with Gasteiger partial charge in [-0.2, -0.15) is 0 Å². The number of fused-ring (bicyclic) bond motifs is 1. The Hall–Kier alpha value is -2.76. The number of aromatic nitrogens is 2. The first-order chi connectivity index (χ1) is 8.68. The number of anilines is 1. The van der Waals surface area contributed by atoms with Crippen LogP contribution in [0.4, 0.5) is 5.69 Å². The third kappa shape index (κ3) is 1.36. The van der Waals surface area contributed by atoms with Crippen LogP contribution in [0.1, 0.15) is 10.5 Å². The van der Waals surface area contributed by atoms with Crippen molar-refractivity contribution in [1.29, 1.82) is 0 Å². The van der Waals surface area contributed by atoms with Gasteiger partial charge in [0.2, 0.25) is 0 Å². The van der Waals surface area contributed by atoms with Crippen molar-refractivity contribution >= 4 is 17.2 Å². The molecule has 0 fully saturated rings. The van der Waals surface area contributed by atoms with Gasteiger partial charge in [0.15, 0.2) is 17.3 Å². The van der Waals surface area contributed by atoms with E-state index in [4.69, 9.17) is 15.3 Å². The van der Waals surface area contributed by atoms with Crippen molar-refractivity contribution < 1.29 is 14.3 Å². The molecule has 0 atom stereocenters. The second kappa shape index (κ2) is 3.63. The van der Waals surface area contributed by atoms with E-state index >= 15 is 0 Å². The summed E-state index contributed by atoms with van der Waals surface area (Å²) < 4.78 is 6.85. The van der Waals surface area contributed by atoms with E-state index in [2.05, 4.69) is 4.98 Å². The topological polar surface area (TPSA) is 93.8 Å². The molecule has 6 nitrogen and oxygen atoms in total. The minimum absolute atomic E-state index is 0.0838. The summed E-state index contributed by atoms with van der Waals surface area (Å²) in [6.07, 6.45) is 3.20. The summed E-state index contributed by atoms with van der Waals surface area (Å²) in [4.78, 5) is 15.3. The minimum atomic E-state index is -1.12. The summed E-state index contributed by atoms with van der Waals surface area (Å²) >= 11 is 0. The summed E-state index contributed by atoms with van der Waals surface area (Å²) in [5.41, 5.74) is 6.46. The molecule has 3 aromatic rings.